The molecule has 1 aromatic rings. The maximum Gasteiger partial charge on any atom is 0.283 e. The maximum absolute atomic E-state index is 11.4. The van der Waals surface area contributed by atoms with E-state index >= 15 is 0 Å². The Kier molecular flexibility index (Phi) is 3.90. The van der Waals surface area contributed by atoms with Crippen LogP contribution in [-0.4, -0.2) is 24.8 Å². The van der Waals surface area contributed by atoms with Crippen molar-refractivity contribution in [1.29, 1.82) is 0 Å². The minimum Gasteiger partial charge on any atom is -0.295 e. The molecule has 0 spiro atoms. The van der Waals surface area contributed by atoms with Crippen molar-refractivity contribution in [1.82, 2.24) is 0 Å². The van der Waals surface area contributed by atoms with E-state index in [1.807, 2.05) is 13.0 Å². The fourth-order valence-electron chi connectivity index (χ4n) is 1.52. The van der Waals surface area contributed by atoms with Gasteiger partial charge in [0.25, 0.3) is 10.1 Å². The SMILES string of the molecule is CC(=O)N(CS(=O)(=O)O)c1cccc(C)c1C. The zero-order valence-electron chi connectivity index (χ0n) is 9.97. The van der Waals surface area contributed by atoms with E-state index in [9.17, 15) is 13.2 Å². The minimum absolute atomic E-state index is 0.434. The first-order valence-electron chi connectivity index (χ1n) is 5.02. The monoisotopic (exact) mass is 257 g/mol. The number of amides is 1. The average Bonchev–Trinajstić information content (AvgIpc) is 2.17. The van der Waals surface area contributed by atoms with Gasteiger partial charge in [0.05, 0.1) is 0 Å². The summed E-state index contributed by atoms with van der Waals surface area (Å²) in [5.74, 6) is -1.16. The van der Waals surface area contributed by atoms with Crippen molar-refractivity contribution >= 4 is 21.7 Å². The van der Waals surface area contributed by atoms with Crippen LogP contribution in [0.2, 0.25) is 0 Å². The summed E-state index contributed by atoms with van der Waals surface area (Å²) in [6.45, 7) is 4.92. The summed E-state index contributed by atoms with van der Waals surface area (Å²) in [6.07, 6.45) is 0. The number of carbonyl (C=O) groups is 1. The Morgan fingerprint density at radius 2 is 1.94 bits per heavy atom. The summed E-state index contributed by atoms with van der Waals surface area (Å²) in [5.41, 5.74) is 2.26. The number of hydrogen-bond donors (Lipinski definition) is 1. The third kappa shape index (κ3) is 3.54. The lowest BCUT2D eigenvalue weighted by molar-refractivity contribution is -0.116. The summed E-state index contributed by atoms with van der Waals surface area (Å²) >= 11 is 0. The zero-order chi connectivity index (χ0) is 13.2. The Bertz CT molecular complexity index is 536. The smallest absolute Gasteiger partial charge is 0.283 e. The van der Waals surface area contributed by atoms with Crippen molar-refractivity contribution in [2.24, 2.45) is 0 Å². The summed E-state index contributed by atoms with van der Waals surface area (Å²) in [7, 11) is -4.24. The first kappa shape index (κ1) is 13.7. The average molecular weight is 257 g/mol. The molecule has 0 aliphatic carbocycles. The van der Waals surface area contributed by atoms with E-state index in [2.05, 4.69) is 0 Å². The zero-order valence-corrected chi connectivity index (χ0v) is 10.8. The lowest BCUT2D eigenvalue weighted by atomic mass is 10.1. The number of anilines is 1. The molecule has 1 rings (SSSR count). The highest BCUT2D eigenvalue weighted by Crippen LogP contribution is 2.23. The van der Waals surface area contributed by atoms with Gasteiger partial charge in [0.2, 0.25) is 5.91 Å². The van der Waals surface area contributed by atoms with Crippen LogP contribution < -0.4 is 4.90 Å². The van der Waals surface area contributed by atoms with Crippen LogP contribution in [0.4, 0.5) is 5.69 Å². The number of hydrogen-bond acceptors (Lipinski definition) is 3. The summed E-state index contributed by atoms with van der Waals surface area (Å²) in [5, 5.41) is 0. The molecule has 0 aromatic heterocycles. The molecule has 5 nitrogen and oxygen atoms in total. The van der Waals surface area contributed by atoms with E-state index < -0.39 is 21.9 Å². The molecule has 0 saturated heterocycles. The van der Waals surface area contributed by atoms with Gasteiger partial charge in [-0.2, -0.15) is 8.42 Å². The highest BCUT2D eigenvalue weighted by molar-refractivity contribution is 7.85. The van der Waals surface area contributed by atoms with E-state index in [4.69, 9.17) is 4.55 Å². The van der Waals surface area contributed by atoms with Gasteiger partial charge in [-0.3, -0.25) is 14.2 Å². The maximum atomic E-state index is 11.4. The van der Waals surface area contributed by atoms with Crippen LogP contribution >= 0.6 is 0 Å². The molecule has 0 atom stereocenters. The van der Waals surface area contributed by atoms with E-state index in [1.54, 1.807) is 19.1 Å². The Morgan fingerprint density at radius 3 is 2.41 bits per heavy atom. The number of carbonyl (C=O) groups excluding carboxylic acids is 1. The lowest BCUT2D eigenvalue weighted by Gasteiger charge is -2.22. The fraction of sp³-hybridized carbons (Fsp3) is 0.364. The van der Waals surface area contributed by atoms with Gasteiger partial charge in [0, 0.05) is 12.6 Å². The van der Waals surface area contributed by atoms with E-state index in [0.29, 0.717) is 5.69 Å². The molecule has 0 radical (unpaired) electrons. The molecule has 0 bridgehead atoms. The molecular formula is C11H15NO4S. The second kappa shape index (κ2) is 4.85. The first-order valence-corrected chi connectivity index (χ1v) is 6.63. The number of rotatable bonds is 3. The van der Waals surface area contributed by atoms with Gasteiger partial charge in [-0.05, 0) is 31.0 Å². The Labute approximate surface area is 101 Å². The van der Waals surface area contributed by atoms with Crippen LogP contribution in [0.25, 0.3) is 0 Å². The van der Waals surface area contributed by atoms with Crippen LogP contribution in [0.15, 0.2) is 18.2 Å². The molecule has 17 heavy (non-hydrogen) atoms. The Balaban J connectivity index is 3.24. The quantitative estimate of drug-likeness (QED) is 0.833. The van der Waals surface area contributed by atoms with Crippen molar-refractivity contribution < 1.29 is 17.8 Å². The molecule has 1 aromatic carbocycles. The predicted octanol–water partition coefficient (Wildman–Crippen LogP) is 1.50. The lowest BCUT2D eigenvalue weighted by Crippen LogP contribution is -2.34. The van der Waals surface area contributed by atoms with Gasteiger partial charge < -0.3 is 0 Å². The molecule has 0 fully saturated rings. The van der Waals surface area contributed by atoms with Gasteiger partial charge in [0.1, 0.15) is 0 Å². The standard InChI is InChI=1S/C11H15NO4S/c1-8-5-4-6-11(9(8)2)12(10(3)13)7-17(14,15)16/h4-6H,7H2,1-3H3,(H,14,15,16). The third-order valence-electron chi connectivity index (χ3n) is 2.54. The van der Waals surface area contributed by atoms with E-state index in [1.165, 1.54) is 6.92 Å². The molecule has 0 saturated carbocycles. The minimum atomic E-state index is -4.24. The number of benzene rings is 1. The van der Waals surface area contributed by atoms with Crippen LogP contribution in [0.5, 0.6) is 0 Å². The summed E-state index contributed by atoms with van der Waals surface area (Å²) in [6, 6.07) is 5.25. The van der Waals surface area contributed by atoms with Crippen molar-refractivity contribution in [2.45, 2.75) is 20.8 Å². The second-order valence-electron chi connectivity index (χ2n) is 3.88. The third-order valence-corrected chi connectivity index (χ3v) is 3.12. The highest BCUT2D eigenvalue weighted by atomic mass is 32.2. The van der Waals surface area contributed by atoms with Gasteiger partial charge in [-0.1, -0.05) is 12.1 Å². The van der Waals surface area contributed by atoms with Gasteiger partial charge in [0.15, 0.2) is 5.88 Å². The molecule has 1 amide bonds. The fourth-order valence-corrected chi connectivity index (χ4v) is 2.17. The van der Waals surface area contributed by atoms with Crippen LogP contribution in [-0.2, 0) is 14.9 Å². The number of nitrogens with zero attached hydrogens (tertiary/aromatic N) is 1. The number of aryl methyl sites for hydroxylation is 1. The van der Waals surface area contributed by atoms with E-state index in [-0.39, 0.29) is 0 Å². The predicted molar refractivity (Wildman–Crippen MR) is 65.5 cm³/mol. The molecule has 1 N–H and O–H groups in total. The van der Waals surface area contributed by atoms with Crippen molar-refractivity contribution in [3.63, 3.8) is 0 Å². The second-order valence-corrected chi connectivity index (χ2v) is 5.30. The van der Waals surface area contributed by atoms with Crippen molar-refractivity contribution in [3.05, 3.63) is 29.3 Å². The highest BCUT2D eigenvalue weighted by Gasteiger charge is 2.20. The Morgan fingerprint density at radius 1 is 1.35 bits per heavy atom. The van der Waals surface area contributed by atoms with Gasteiger partial charge >= 0.3 is 0 Å². The molecule has 0 unspecified atom stereocenters. The molecule has 0 heterocycles. The normalized spacial score (nSPS) is 11.3. The molecule has 0 aliphatic heterocycles. The molecular weight excluding hydrogens is 242 g/mol. The van der Waals surface area contributed by atoms with Crippen molar-refractivity contribution in [3.8, 4) is 0 Å². The van der Waals surface area contributed by atoms with Crippen LogP contribution in [0.1, 0.15) is 18.1 Å². The van der Waals surface area contributed by atoms with E-state index in [0.717, 1.165) is 16.0 Å². The van der Waals surface area contributed by atoms with Gasteiger partial charge in [-0.15, -0.1) is 0 Å². The molecule has 94 valence electrons. The molecule has 6 heteroatoms. The van der Waals surface area contributed by atoms with Crippen molar-refractivity contribution in [2.75, 3.05) is 10.8 Å². The largest absolute Gasteiger partial charge is 0.295 e. The van der Waals surface area contributed by atoms with Gasteiger partial charge in [-0.25, -0.2) is 0 Å². The van der Waals surface area contributed by atoms with Crippen LogP contribution in [0, 0.1) is 13.8 Å². The summed E-state index contributed by atoms with van der Waals surface area (Å²) < 4.78 is 30.6. The molecule has 0 aliphatic rings. The Hall–Kier alpha value is -1.40. The summed E-state index contributed by atoms with van der Waals surface area (Å²) in [4.78, 5) is 12.5. The topological polar surface area (TPSA) is 74.7 Å². The first-order chi connectivity index (χ1) is 7.72. The van der Waals surface area contributed by atoms with Crippen LogP contribution in [0.3, 0.4) is 0 Å².